The van der Waals surface area contributed by atoms with Gasteiger partial charge in [0.15, 0.2) is 5.83 Å². The number of halogens is 7. The second kappa shape index (κ2) is 5.33. The van der Waals surface area contributed by atoms with Gasteiger partial charge in [0.2, 0.25) is 0 Å². The summed E-state index contributed by atoms with van der Waals surface area (Å²) in [5.74, 6) is -19.5. The van der Waals surface area contributed by atoms with Crippen molar-refractivity contribution in [2.45, 2.75) is 31.6 Å². The average Bonchev–Trinajstić information content (AvgIpc) is 2.92. The summed E-state index contributed by atoms with van der Waals surface area (Å²) in [5.41, 5.74) is -1.03. The van der Waals surface area contributed by atoms with E-state index in [1.165, 1.54) is 6.92 Å². The molecule has 0 N–H and O–H groups in total. The lowest BCUT2D eigenvalue weighted by molar-refractivity contribution is -0.263. The Morgan fingerprint density at radius 3 is 1.88 bits per heavy atom. The van der Waals surface area contributed by atoms with Crippen LogP contribution in [0.2, 0.25) is 0 Å². The molecule has 0 saturated heterocycles. The zero-order chi connectivity index (χ0) is 18.8. The quantitative estimate of drug-likeness (QED) is 0.513. The van der Waals surface area contributed by atoms with Gasteiger partial charge in [0, 0.05) is 15.3 Å². The smallest absolute Gasteiger partial charge is 0.204 e. The SMILES string of the molecule is Cc1ccc(-c2cc(C3=C(F)C(F)(F)C(F)(F)C3(F)F)c(C)s2)cc1. The summed E-state index contributed by atoms with van der Waals surface area (Å²) >= 11 is 0.939. The first-order valence-electron chi connectivity index (χ1n) is 7.13. The third kappa shape index (κ3) is 2.33. The van der Waals surface area contributed by atoms with E-state index in [0.29, 0.717) is 10.4 Å². The highest BCUT2D eigenvalue weighted by Gasteiger charge is 2.81. The zero-order valence-corrected chi connectivity index (χ0v) is 13.8. The van der Waals surface area contributed by atoms with Crippen molar-refractivity contribution >= 4 is 16.9 Å². The molecule has 0 saturated carbocycles. The highest BCUT2D eigenvalue weighted by Crippen LogP contribution is 2.63. The van der Waals surface area contributed by atoms with Crippen LogP contribution in [0.1, 0.15) is 16.0 Å². The lowest BCUT2D eigenvalue weighted by Crippen LogP contribution is -2.48. The molecule has 2 aromatic rings. The van der Waals surface area contributed by atoms with Crippen molar-refractivity contribution in [3.63, 3.8) is 0 Å². The van der Waals surface area contributed by atoms with Crippen LogP contribution in [0.4, 0.5) is 30.7 Å². The van der Waals surface area contributed by atoms with Gasteiger partial charge in [-0.15, -0.1) is 11.3 Å². The number of thiophene rings is 1. The van der Waals surface area contributed by atoms with Gasteiger partial charge in [-0.2, -0.15) is 26.3 Å². The summed E-state index contributed by atoms with van der Waals surface area (Å²) in [6.45, 7) is 3.13. The number of alkyl halides is 6. The highest BCUT2D eigenvalue weighted by molar-refractivity contribution is 7.15. The molecule has 0 aliphatic heterocycles. The van der Waals surface area contributed by atoms with E-state index in [0.717, 1.165) is 23.0 Å². The Kier molecular flexibility index (Phi) is 3.83. The molecule has 1 aliphatic carbocycles. The fraction of sp³-hybridized carbons (Fsp3) is 0.294. The molecule has 1 aliphatic rings. The summed E-state index contributed by atoms with van der Waals surface area (Å²) in [4.78, 5) is 0.441. The molecule has 25 heavy (non-hydrogen) atoms. The van der Waals surface area contributed by atoms with Crippen molar-refractivity contribution in [2.75, 3.05) is 0 Å². The first-order valence-corrected chi connectivity index (χ1v) is 7.95. The number of benzene rings is 1. The lowest BCUT2D eigenvalue weighted by Gasteiger charge is -2.24. The van der Waals surface area contributed by atoms with Crippen molar-refractivity contribution in [3.8, 4) is 10.4 Å². The molecule has 0 radical (unpaired) electrons. The van der Waals surface area contributed by atoms with Gasteiger partial charge in [-0.05, 0) is 25.5 Å². The topological polar surface area (TPSA) is 0 Å². The second-order valence-corrected chi connectivity index (χ2v) is 7.12. The number of hydrogen-bond donors (Lipinski definition) is 0. The molecule has 0 spiro atoms. The minimum atomic E-state index is -5.82. The van der Waals surface area contributed by atoms with Crippen LogP contribution in [0.15, 0.2) is 36.2 Å². The summed E-state index contributed by atoms with van der Waals surface area (Å²) in [6.07, 6.45) is 0. The average molecular weight is 380 g/mol. The van der Waals surface area contributed by atoms with Crippen molar-refractivity contribution < 1.29 is 30.7 Å². The van der Waals surface area contributed by atoms with Crippen LogP contribution in [0.5, 0.6) is 0 Å². The maximum absolute atomic E-state index is 13.9. The summed E-state index contributed by atoms with van der Waals surface area (Å²) in [6, 6.07) is 7.88. The fourth-order valence-electron chi connectivity index (χ4n) is 2.66. The van der Waals surface area contributed by atoms with E-state index in [-0.39, 0.29) is 4.88 Å². The van der Waals surface area contributed by atoms with Gasteiger partial charge in [0.05, 0.1) is 5.57 Å². The van der Waals surface area contributed by atoms with E-state index in [1.54, 1.807) is 24.3 Å². The van der Waals surface area contributed by atoms with Crippen LogP contribution < -0.4 is 0 Å². The molecule has 8 heteroatoms. The second-order valence-electron chi connectivity index (χ2n) is 5.86. The third-order valence-electron chi connectivity index (χ3n) is 4.12. The Bertz CT molecular complexity index is 860. The van der Waals surface area contributed by atoms with Crippen LogP contribution in [0.25, 0.3) is 16.0 Å². The van der Waals surface area contributed by atoms with Gasteiger partial charge in [-0.1, -0.05) is 29.8 Å². The van der Waals surface area contributed by atoms with Crippen LogP contribution in [0.3, 0.4) is 0 Å². The van der Waals surface area contributed by atoms with E-state index in [9.17, 15) is 30.7 Å². The molecular formula is C17H11F7S. The third-order valence-corrected chi connectivity index (χ3v) is 5.22. The van der Waals surface area contributed by atoms with Crippen LogP contribution in [-0.4, -0.2) is 17.8 Å². The van der Waals surface area contributed by atoms with Gasteiger partial charge >= 0.3 is 17.8 Å². The van der Waals surface area contributed by atoms with E-state index >= 15 is 0 Å². The van der Waals surface area contributed by atoms with Crippen molar-refractivity contribution in [1.82, 2.24) is 0 Å². The molecule has 0 atom stereocenters. The van der Waals surface area contributed by atoms with E-state index in [4.69, 9.17) is 0 Å². The van der Waals surface area contributed by atoms with E-state index in [1.807, 2.05) is 6.92 Å². The Morgan fingerprint density at radius 1 is 0.840 bits per heavy atom. The maximum atomic E-state index is 13.9. The molecule has 3 rings (SSSR count). The predicted octanol–water partition coefficient (Wildman–Crippen LogP) is 6.63. The molecular weight excluding hydrogens is 369 g/mol. The number of hydrogen-bond acceptors (Lipinski definition) is 1. The van der Waals surface area contributed by atoms with E-state index < -0.39 is 34.7 Å². The number of aryl methyl sites for hydroxylation is 2. The summed E-state index contributed by atoms with van der Waals surface area (Å²) in [5, 5.41) is 0. The Balaban J connectivity index is 2.17. The zero-order valence-electron chi connectivity index (χ0n) is 12.9. The highest BCUT2D eigenvalue weighted by atomic mass is 32.1. The predicted molar refractivity (Wildman–Crippen MR) is 82.1 cm³/mol. The van der Waals surface area contributed by atoms with Crippen molar-refractivity contribution in [1.29, 1.82) is 0 Å². The Labute approximate surface area is 142 Å². The van der Waals surface area contributed by atoms with Gasteiger partial charge in [-0.25, -0.2) is 4.39 Å². The van der Waals surface area contributed by atoms with Gasteiger partial charge in [0.1, 0.15) is 0 Å². The molecule has 134 valence electrons. The first kappa shape index (κ1) is 18.0. The Morgan fingerprint density at radius 2 is 1.40 bits per heavy atom. The van der Waals surface area contributed by atoms with Gasteiger partial charge in [0.25, 0.3) is 0 Å². The van der Waals surface area contributed by atoms with Gasteiger partial charge in [-0.3, -0.25) is 0 Å². The molecule has 0 amide bonds. The minimum Gasteiger partial charge on any atom is -0.204 e. The first-order chi connectivity index (χ1) is 11.4. The molecule has 0 unspecified atom stereocenters. The molecule has 1 heterocycles. The monoisotopic (exact) mass is 380 g/mol. The summed E-state index contributed by atoms with van der Waals surface area (Å²) < 4.78 is 95.4. The molecule has 0 bridgehead atoms. The van der Waals surface area contributed by atoms with Crippen LogP contribution in [0, 0.1) is 13.8 Å². The van der Waals surface area contributed by atoms with Crippen molar-refractivity contribution in [2.24, 2.45) is 0 Å². The minimum absolute atomic E-state index is 0.0499. The molecule has 0 fully saturated rings. The molecule has 0 nitrogen and oxygen atoms in total. The van der Waals surface area contributed by atoms with Crippen LogP contribution >= 0.6 is 11.3 Å². The van der Waals surface area contributed by atoms with E-state index in [2.05, 4.69) is 0 Å². The Hall–Kier alpha value is -1.83. The molecule has 1 aromatic carbocycles. The normalized spacial score (nSPS) is 21.0. The standard InChI is InChI=1S/C17H11F7S/c1-8-3-5-10(6-4-8)12-7-11(9(2)25-12)13-14(18)16(21,22)17(23,24)15(13,19)20/h3-7H,1-2H3. The number of rotatable bonds is 2. The van der Waals surface area contributed by atoms with Gasteiger partial charge < -0.3 is 0 Å². The largest absolute Gasteiger partial charge is 0.383 e. The summed E-state index contributed by atoms with van der Waals surface area (Å²) in [7, 11) is 0. The van der Waals surface area contributed by atoms with Crippen molar-refractivity contribution in [3.05, 3.63) is 52.2 Å². The number of allylic oxidation sites excluding steroid dienone is 2. The molecule has 1 aromatic heterocycles. The maximum Gasteiger partial charge on any atom is 0.383 e. The fourth-order valence-corrected chi connectivity index (χ4v) is 3.70. The van der Waals surface area contributed by atoms with Crippen LogP contribution in [-0.2, 0) is 0 Å². The lowest BCUT2D eigenvalue weighted by atomic mass is 10.0.